The van der Waals surface area contributed by atoms with Gasteiger partial charge in [-0.3, -0.25) is 9.59 Å². The van der Waals surface area contributed by atoms with E-state index < -0.39 is 23.8 Å². The summed E-state index contributed by atoms with van der Waals surface area (Å²) in [6, 6.07) is 4.24. The van der Waals surface area contributed by atoms with Crippen LogP contribution in [-0.2, 0) is 20.7 Å². The Labute approximate surface area is 97.8 Å². The van der Waals surface area contributed by atoms with Crippen LogP contribution < -0.4 is 5.32 Å². The van der Waals surface area contributed by atoms with Gasteiger partial charge in [0.1, 0.15) is 5.82 Å². The number of esters is 1. The molecule has 1 heterocycles. The number of carbonyl (C=O) groups excluding carboxylic acids is 2. The molecule has 1 aromatic carbocycles. The Hall–Kier alpha value is -1.91. The maximum atomic E-state index is 13.0. The topological polar surface area (TPSA) is 55.4 Å². The maximum absolute atomic E-state index is 13.0. The molecule has 2 rings (SSSR count). The van der Waals surface area contributed by atoms with Crippen molar-refractivity contribution in [3.63, 3.8) is 0 Å². The Bertz CT molecular complexity index is 473. The lowest BCUT2D eigenvalue weighted by atomic mass is 10.1. The predicted molar refractivity (Wildman–Crippen MR) is 58.9 cm³/mol. The van der Waals surface area contributed by atoms with Crippen molar-refractivity contribution in [3.8, 4) is 0 Å². The largest absolute Gasteiger partial charge is 0.452 e. The van der Waals surface area contributed by atoms with Crippen molar-refractivity contribution in [3.05, 3.63) is 29.6 Å². The zero-order valence-corrected chi connectivity index (χ0v) is 9.33. The average Bonchev–Trinajstić information content (AvgIpc) is 2.38. The number of aryl methyl sites for hydroxylation is 1. The smallest absolute Gasteiger partial charge is 0.303 e. The number of fused-ring (bicyclic) bond motifs is 1. The first-order valence-electron chi connectivity index (χ1n) is 5.33. The van der Waals surface area contributed by atoms with E-state index in [1.807, 2.05) is 0 Å². The van der Waals surface area contributed by atoms with Crippen molar-refractivity contribution in [2.75, 3.05) is 5.32 Å². The molecular weight excluding hydrogens is 225 g/mol. The molecule has 1 aliphatic heterocycles. The summed E-state index contributed by atoms with van der Waals surface area (Å²) in [6.07, 6.45) is 0.166. The molecule has 5 heteroatoms. The predicted octanol–water partition coefficient (Wildman–Crippen LogP) is 1.64. The summed E-state index contributed by atoms with van der Waals surface area (Å²) < 4.78 is 17.9. The van der Waals surface area contributed by atoms with E-state index in [9.17, 15) is 14.0 Å². The monoisotopic (exact) mass is 237 g/mol. The molecule has 1 aliphatic rings. The van der Waals surface area contributed by atoms with Gasteiger partial charge < -0.3 is 10.1 Å². The Kier molecular flexibility index (Phi) is 3.08. The highest BCUT2D eigenvalue weighted by molar-refractivity contribution is 5.96. The number of nitrogens with one attached hydrogen (secondary N) is 1. The van der Waals surface area contributed by atoms with E-state index in [2.05, 4.69) is 5.32 Å². The first-order valence-corrected chi connectivity index (χ1v) is 5.33. The fourth-order valence-corrected chi connectivity index (χ4v) is 1.83. The minimum Gasteiger partial charge on any atom is -0.452 e. The van der Waals surface area contributed by atoms with Crippen molar-refractivity contribution in [2.45, 2.75) is 25.9 Å². The third kappa shape index (κ3) is 2.61. The highest BCUT2D eigenvalue weighted by Crippen LogP contribution is 2.24. The molecular formula is C12H12FNO3. The molecule has 0 bridgehead atoms. The van der Waals surface area contributed by atoms with Crippen LogP contribution in [0.2, 0.25) is 0 Å². The molecule has 0 aromatic heterocycles. The maximum Gasteiger partial charge on any atom is 0.303 e. The molecule has 90 valence electrons. The van der Waals surface area contributed by atoms with E-state index in [-0.39, 0.29) is 0 Å². The first kappa shape index (κ1) is 11.6. The van der Waals surface area contributed by atoms with Gasteiger partial charge in [-0.15, -0.1) is 0 Å². The van der Waals surface area contributed by atoms with Crippen molar-refractivity contribution >= 4 is 17.6 Å². The highest BCUT2D eigenvalue weighted by atomic mass is 19.1. The lowest BCUT2D eigenvalue weighted by Gasteiger charge is -2.12. The summed E-state index contributed by atoms with van der Waals surface area (Å²) in [7, 11) is 0. The van der Waals surface area contributed by atoms with Crippen LogP contribution in [0.4, 0.5) is 10.1 Å². The molecule has 17 heavy (non-hydrogen) atoms. The zero-order chi connectivity index (χ0) is 12.4. The van der Waals surface area contributed by atoms with Crippen molar-refractivity contribution < 1.29 is 18.7 Å². The SMILES string of the molecule is CC(=O)OC1CCc2ccc(F)cc2NC1=O. The summed E-state index contributed by atoms with van der Waals surface area (Å²) in [5.74, 6) is -1.32. The number of anilines is 1. The molecule has 0 spiro atoms. The lowest BCUT2D eigenvalue weighted by molar-refractivity contribution is -0.152. The second-order valence-corrected chi connectivity index (χ2v) is 3.93. The molecule has 0 saturated heterocycles. The molecule has 1 unspecified atom stereocenters. The molecule has 1 amide bonds. The average molecular weight is 237 g/mol. The third-order valence-electron chi connectivity index (χ3n) is 2.61. The lowest BCUT2D eigenvalue weighted by Crippen LogP contribution is -2.30. The summed E-state index contributed by atoms with van der Waals surface area (Å²) in [5, 5.41) is 2.56. The standard InChI is InChI=1S/C12H12FNO3/c1-7(15)17-11-5-3-8-2-4-9(13)6-10(8)14-12(11)16/h2,4,6,11H,3,5H2,1H3,(H,14,16). The summed E-state index contributed by atoms with van der Waals surface area (Å²) in [4.78, 5) is 22.5. The van der Waals surface area contributed by atoms with Gasteiger partial charge in [-0.05, 0) is 30.5 Å². The van der Waals surface area contributed by atoms with Gasteiger partial charge in [-0.1, -0.05) is 6.07 Å². The van der Waals surface area contributed by atoms with Crippen LogP contribution in [0.1, 0.15) is 18.9 Å². The molecule has 0 saturated carbocycles. The fraction of sp³-hybridized carbons (Fsp3) is 0.333. The van der Waals surface area contributed by atoms with Crippen LogP contribution in [-0.4, -0.2) is 18.0 Å². The van der Waals surface area contributed by atoms with Crippen LogP contribution in [0.5, 0.6) is 0 Å². The Morgan fingerprint density at radius 2 is 2.29 bits per heavy atom. The van der Waals surface area contributed by atoms with E-state index in [0.29, 0.717) is 18.5 Å². The second kappa shape index (κ2) is 4.53. The van der Waals surface area contributed by atoms with Crippen molar-refractivity contribution in [1.29, 1.82) is 0 Å². The fourth-order valence-electron chi connectivity index (χ4n) is 1.83. The molecule has 1 N–H and O–H groups in total. The van der Waals surface area contributed by atoms with Crippen LogP contribution in [0.25, 0.3) is 0 Å². The van der Waals surface area contributed by atoms with Crippen LogP contribution >= 0.6 is 0 Å². The minimum atomic E-state index is -0.803. The molecule has 4 nitrogen and oxygen atoms in total. The van der Waals surface area contributed by atoms with E-state index in [1.54, 1.807) is 6.07 Å². The van der Waals surface area contributed by atoms with E-state index in [4.69, 9.17) is 4.74 Å². The molecule has 0 radical (unpaired) electrons. The molecule has 1 atom stereocenters. The highest BCUT2D eigenvalue weighted by Gasteiger charge is 2.26. The summed E-state index contributed by atoms with van der Waals surface area (Å²) in [5.41, 5.74) is 1.29. The number of carbonyl (C=O) groups is 2. The second-order valence-electron chi connectivity index (χ2n) is 3.93. The Morgan fingerprint density at radius 3 is 3.00 bits per heavy atom. The van der Waals surface area contributed by atoms with Crippen molar-refractivity contribution in [1.82, 2.24) is 0 Å². The molecule has 0 fully saturated rings. The van der Waals surface area contributed by atoms with Gasteiger partial charge in [0.2, 0.25) is 0 Å². The number of benzene rings is 1. The van der Waals surface area contributed by atoms with Crippen LogP contribution in [0.3, 0.4) is 0 Å². The molecule has 0 aliphatic carbocycles. The number of amides is 1. The number of hydrogen-bond acceptors (Lipinski definition) is 3. The van der Waals surface area contributed by atoms with E-state index in [1.165, 1.54) is 19.1 Å². The van der Waals surface area contributed by atoms with Gasteiger partial charge in [0.15, 0.2) is 6.10 Å². The number of ether oxygens (including phenoxy) is 1. The van der Waals surface area contributed by atoms with Gasteiger partial charge in [0.25, 0.3) is 5.91 Å². The van der Waals surface area contributed by atoms with E-state index in [0.717, 1.165) is 5.56 Å². The molecule has 1 aromatic rings. The number of hydrogen-bond donors (Lipinski definition) is 1. The third-order valence-corrected chi connectivity index (χ3v) is 2.61. The first-order chi connectivity index (χ1) is 8.06. The Balaban J connectivity index is 2.22. The van der Waals surface area contributed by atoms with Crippen LogP contribution in [0, 0.1) is 5.82 Å². The minimum absolute atomic E-state index is 0.407. The van der Waals surface area contributed by atoms with E-state index >= 15 is 0 Å². The van der Waals surface area contributed by atoms with Gasteiger partial charge in [-0.25, -0.2) is 4.39 Å². The quantitative estimate of drug-likeness (QED) is 0.755. The Morgan fingerprint density at radius 1 is 1.53 bits per heavy atom. The van der Waals surface area contributed by atoms with Gasteiger partial charge in [0, 0.05) is 12.6 Å². The van der Waals surface area contributed by atoms with Gasteiger partial charge in [-0.2, -0.15) is 0 Å². The van der Waals surface area contributed by atoms with Gasteiger partial charge in [0.05, 0.1) is 0 Å². The summed E-state index contributed by atoms with van der Waals surface area (Å²) in [6.45, 7) is 1.25. The summed E-state index contributed by atoms with van der Waals surface area (Å²) >= 11 is 0. The van der Waals surface area contributed by atoms with Crippen molar-refractivity contribution in [2.24, 2.45) is 0 Å². The van der Waals surface area contributed by atoms with Crippen LogP contribution in [0.15, 0.2) is 18.2 Å². The number of halogens is 1. The number of rotatable bonds is 1. The normalized spacial score (nSPS) is 18.9. The zero-order valence-electron chi connectivity index (χ0n) is 9.33. The van der Waals surface area contributed by atoms with Gasteiger partial charge >= 0.3 is 5.97 Å².